The molecule has 0 aliphatic rings. The Labute approximate surface area is 70.5 Å². The second-order valence-corrected chi connectivity index (χ2v) is 3.47. The van der Waals surface area contributed by atoms with Gasteiger partial charge in [-0.05, 0) is 6.92 Å². The number of carbonyl (C=O) groups excluding carboxylic acids is 1. The summed E-state index contributed by atoms with van der Waals surface area (Å²) in [6, 6.07) is 0. The minimum Gasteiger partial charge on any atom is -0.452 e. The summed E-state index contributed by atoms with van der Waals surface area (Å²) < 4.78 is 19.4. The van der Waals surface area contributed by atoms with Crippen LogP contribution in [0.25, 0.3) is 0 Å². The van der Waals surface area contributed by atoms with Gasteiger partial charge in [-0.25, -0.2) is 9.36 Å². The zero-order chi connectivity index (χ0) is 9.61. The average molecular weight is 194 g/mol. The summed E-state index contributed by atoms with van der Waals surface area (Å²) in [5, 5.41) is 0. The van der Waals surface area contributed by atoms with Crippen LogP contribution >= 0.6 is 7.60 Å². The molecule has 0 saturated heterocycles. The maximum Gasteiger partial charge on any atom is 0.435 e. The number of ether oxygens (including phenoxy) is 1. The predicted octanol–water partition coefficient (Wildman–Crippen LogP) is 1.53. The van der Waals surface area contributed by atoms with Gasteiger partial charge in [-0.15, -0.1) is 0 Å². The molecule has 0 bridgehead atoms. The first-order chi connectivity index (χ1) is 5.54. The Morgan fingerprint density at radius 3 is 2.75 bits per heavy atom. The van der Waals surface area contributed by atoms with E-state index in [4.69, 9.17) is 4.89 Å². The first kappa shape index (κ1) is 11.4. The lowest BCUT2D eigenvalue weighted by Gasteiger charge is -2.08. The van der Waals surface area contributed by atoms with Gasteiger partial charge in [0.1, 0.15) is 6.61 Å². The maximum absolute atomic E-state index is 10.8. The van der Waals surface area contributed by atoms with E-state index in [1.807, 2.05) is 0 Å². The highest BCUT2D eigenvalue weighted by Crippen LogP contribution is 2.43. The molecule has 0 rings (SSSR count). The monoisotopic (exact) mass is 194 g/mol. The van der Waals surface area contributed by atoms with Crippen LogP contribution in [0.15, 0.2) is 12.7 Å². The van der Waals surface area contributed by atoms with Crippen molar-refractivity contribution in [2.75, 3.05) is 13.2 Å². The van der Waals surface area contributed by atoms with Crippen LogP contribution in [0.3, 0.4) is 0 Å². The van der Waals surface area contributed by atoms with Crippen molar-refractivity contribution in [1.29, 1.82) is 0 Å². The molecular weight excluding hydrogens is 183 g/mol. The molecule has 0 amide bonds. The van der Waals surface area contributed by atoms with Crippen molar-refractivity contribution < 1.29 is 23.5 Å². The molecule has 0 spiro atoms. The van der Waals surface area contributed by atoms with Crippen LogP contribution in [0.2, 0.25) is 0 Å². The van der Waals surface area contributed by atoms with E-state index < -0.39 is 13.3 Å². The van der Waals surface area contributed by atoms with Gasteiger partial charge in [0.15, 0.2) is 0 Å². The highest BCUT2D eigenvalue weighted by atomic mass is 31.2. The molecule has 1 N–H and O–H groups in total. The summed E-state index contributed by atoms with van der Waals surface area (Å²) >= 11 is 0. The normalized spacial score (nSPS) is 14.8. The van der Waals surface area contributed by atoms with E-state index in [1.165, 1.54) is 13.0 Å². The van der Waals surface area contributed by atoms with Crippen LogP contribution in [0, 0.1) is 0 Å². The zero-order valence-electron chi connectivity index (χ0n) is 6.73. The molecule has 0 aromatic rings. The maximum atomic E-state index is 10.8. The Balaban J connectivity index is 4.06. The molecule has 0 aliphatic heterocycles. The summed E-state index contributed by atoms with van der Waals surface area (Å²) in [6.07, 6.45) is 1.30. The van der Waals surface area contributed by atoms with Crippen molar-refractivity contribution in [3.05, 3.63) is 12.7 Å². The minimum atomic E-state index is -4.22. The fourth-order valence-electron chi connectivity index (χ4n) is 0.439. The Kier molecular flexibility index (Phi) is 4.81. The second-order valence-electron chi connectivity index (χ2n) is 1.80. The Bertz CT molecular complexity index is 212. The molecule has 1 unspecified atom stereocenters. The molecular formula is C6H11O5P. The Hall–Kier alpha value is -0.640. The largest absolute Gasteiger partial charge is 0.452 e. The molecule has 0 heterocycles. The van der Waals surface area contributed by atoms with Gasteiger partial charge in [-0.3, -0.25) is 0 Å². The van der Waals surface area contributed by atoms with Gasteiger partial charge in [-0.2, -0.15) is 0 Å². The van der Waals surface area contributed by atoms with Crippen molar-refractivity contribution in [3.63, 3.8) is 0 Å². The summed E-state index contributed by atoms with van der Waals surface area (Å²) in [5.41, 5.74) is -1.25. The Morgan fingerprint density at radius 1 is 1.75 bits per heavy atom. The van der Waals surface area contributed by atoms with Crippen molar-refractivity contribution in [1.82, 2.24) is 0 Å². The number of hydrogen-bond acceptors (Lipinski definition) is 4. The van der Waals surface area contributed by atoms with Crippen molar-refractivity contribution in [2.24, 2.45) is 0 Å². The van der Waals surface area contributed by atoms with Gasteiger partial charge in [0.05, 0.1) is 6.61 Å². The first-order valence-corrected chi connectivity index (χ1v) is 4.88. The van der Waals surface area contributed by atoms with E-state index in [2.05, 4.69) is 15.8 Å². The molecule has 0 aliphatic carbocycles. The van der Waals surface area contributed by atoms with Crippen molar-refractivity contribution >= 4 is 13.3 Å². The molecule has 0 radical (unpaired) electrons. The van der Waals surface area contributed by atoms with Gasteiger partial charge in [-0.1, -0.05) is 12.7 Å². The lowest BCUT2D eigenvalue weighted by molar-refractivity contribution is 0.168. The van der Waals surface area contributed by atoms with Crippen LogP contribution in [0.1, 0.15) is 6.92 Å². The third kappa shape index (κ3) is 3.67. The zero-order valence-corrected chi connectivity index (χ0v) is 7.62. The van der Waals surface area contributed by atoms with Gasteiger partial charge in [0.25, 0.3) is 0 Å². The van der Waals surface area contributed by atoms with Crippen molar-refractivity contribution in [2.45, 2.75) is 6.92 Å². The predicted molar refractivity (Wildman–Crippen MR) is 43.0 cm³/mol. The van der Waals surface area contributed by atoms with Crippen LogP contribution in [-0.4, -0.2) is 23.8 Å². The molecule has 12 heavy (non-hydrogen) atoms. The number of carbonyl (C=O) groups is 1. The van der Waals surface area contributed by atoms with E-state index in [-0.39, 0.29) is 13.2 Å². The third-order valence-corrected chi connectivity index (χ3v) is 2.06. The smallest absolute Gasteiger partial charge is 0.435 e. The van der Waals surface area contributed by atoms with Gasteiger partial charge in [0.2, 0.25) is 0 Å². The molecule has 5 nitrogen and oxygen atoms in total. The lowest BCUT2D eigenvalue weighted by atomic mass is 10.7. The fraction of sp³-hybridized carbons (Fsp3) is 0.500. The topological polar surface area (TPSA) is 72.8 Å². The van der Waals surface area contributed by atoms with Crippen LogP contribution in [-0.2, 0) is 13.8 Å². The quantitative estimate of drug-likeness (QED) is 0.530. The van der Waals surface area contributed by atoms with Gasteiger partial charge in [0, 0.05) is 0 Å². The molecule has 0 fully saturated rings. The summed E-state index contributed by atoms with van der Waals surface area (Å²) in [5.74, 6) is 0. The third-order valence-electron chi connectivity index (χ3n) is 0.859. The van der Waals surface area contributed by atoms with E-state index in [1.54, 1.807) is 0 Å². The van der Waals surface area contributed by atoms with E-state index in [9.17, 15) is 9.36 Å². The SMILES string of the molecule is C=CCOC(=O)P(=O)(O)OCC. The van der Waals surface area contributed by atoms with Crippen LogP contribution in [0.4, 0.5) is 4.79 Å². The Morgan fingerprint density at radius 2 is 2.33 bits per heavy atom. The van der Waals surface area contributed by atoms with Crippen LogP contribution in [0.5, 0.6) is 0 Å². The summed E-state index contributed by atoms with van der Waals surface area (Å²) in [7, 11) is -4.22. The van der Waals surface area contributed by atoms with Gasteiger partial charge < -0.3 is 14.2 Å². The highest BCUT2D eigenvalue weighted by molar-refractivity contribution is 7.70. The first-order valence-electron chi connectivity index (χ1n) is 3.30. The molecule has 1 atom stereocenters. The summed E-state index contributed by atoms with van der Waals surface area (Å²) in [4.78, 5) is 19.5. The standard InChI is InChI=1S/C6H11O5P/c1-3-5-10-6(7)12(8,9)11-4-2/h3H,1,4-5H2,2H3,(H,8,9). The minimum absolute atomic E-state index is 0.0169. The highest BCUT2D eigenvalue weighted by Gasteiger charge is 2.31. The molecule has 6 heteroatoms. The molecule has 0 aromatic heterocycles. The second kappa shape index (κ2) is 5.09. The molecule has 70 valence electrons. The summed E-state index contributed by atoms with van der Waals surface area (Å²) in [6.45, 7) is 4.66. The van der Waals surface area contributed by atoms with E-state index in [0.717, 1.165) is 0 Å². The van der Waals surface area contributed by atoms with E-state index >= 15 is 0 Å². The van der Waals surface area contributed by atoms with Crippen LogP contribution < -0.4 is 0 Å². The van der Waals surface area contributed by atoms with Crippen molar-refractivity contribution in [3.8, 4) is 0 Å². The number of hydrogen-bond donors (Lipinski definition) is 1. The van der Waals surface area contributed by atoms with E-state index in [0.29, 0.717) is 0 Å². The average Bonchev–Trinajstić information content (AvgIpc) is 2.00. The number of rotatable bonds is 5. The fourth-order valence-corrected chi connectivity index (χ4v) is 1.13. The lowest BCUT2D eigenvalue weighted by Crippen LogP contribution is -2.05. The molecule has 0 saturated carbocycles. The van der Waals surface area contributed by atoms with Gasteiger partial charge >= 0.3 is 13.3 Å². The molecule has 0 aromatic carbocycles.